The van der Waals surface area contributed by atoms with Gasteiger partial charge in [-0.2, -0.15) is 0 Å². The number of hydrogen-bond acceptors (Lipinski definition) is 3. The fourth-order valence-corrected chi connectivity index (χ4v) is 1.64. The lowest BCUT2D eigenvalue weighted by molar-refractivity contribution is -0.138. The van der Waals surface area contributed by atoms with Gasteiger partial charge in [-0.3, -0.25) is 4.79 Å². The van der Waals surface area contributed by atoms with Gasteiger partial charge in [0.15, 0.2) is 0 Å². The van der Waals surface area contributed by atoms with Gasteiger partial charge in [-0.15, -0.1) is 11.8 Å². The van der Waals surface area contributed by atoms with Gasteiger partial charge in [0.2, 0.25) is 0 Å². The zero-order valence-electron chi connectivity index (χ0n) is 7.70. The van der Waals surface area contributed by atoms with E-state index < -0.39 is 10.7 Å². The Hall–Kier alpha value is -0.220. The summed E-state index contributed by atoms with van der Waals surface area (Å²) >= 11 is 1.36. The lowest BCUT2D eigenvalue weighted by Gasteiger charge is -2.18. The second-order valence-corrected chi connectivity index (χ2v) is 5.02. The van der Waals surface area contributed by atoms with Crippen molar-refractivity contribution in [2.75, 3.05) is 5.75 Å². The van der Waals surface area contributed by atoms with Gasteiger partial charge < -0.3 is 10.2 Å². The van der Waals surface area contributed by atoms with Crippen LogP contribution < -0.4 is 0 Å². The smallest absolute Gasteiger partial charge is 0.319 e. The van der Waals surface area contributed by atoms with Gasteiger partial charge in [0, 0.05) is 0 Å². The second kappa shape index (κ2) is 4.72. The summed E-state index contributed by atoms with van der Waals surface area (Å²) in [6.07, 6.45) is 0.295. The molecule has 0 aliphatic rings. The van der Waals surface area contributed by atoms with Crippen molar-refractivity contribution >= 4 is 17.7 Å². The van der Waals surface area contributed by atoms with Crippen LogP contribution >= 0.6 is 11.8 Å². The maximum absolute atomic E-state index is 10.6. The van der Waals surface area contributed by atoms with Crippen molar-refractivity contribution in [1.29, 1.82) is 0 Å². The molecule has 0 aromatic carbocycles. The fraction of sp³-hybridized carbons (Fsp3) is 0.875. The largest absolute Gasteiger partial charge is 0.480 e. The number of aliphatic hydroxyl groups is 1. The van der Waals surface area contributed by atoms with Gasteiger partial charge in [-0.25, -0.2) is 0 Å². The van der Waals surface area contributed by atoms with Crippen molar-refractivity contribution < 1.29 is 15.0 Å². The molecule has 4 heteroatoms. The molecule has 0 aromatic heterocycles. The maximum Gasteiger partial charge on any atom is 0.319 e. The van der Waals surface area contributed by atoms with Crippen molar-refractivity contribution in [3.63, 3.8) is 0 Å². The van der Waals surface area contributed by atoms with Crippen LogP contribution in [0, 0.1) is 0 Å². The summed E-state index contributed by atoms with van der Waals surface area (Å²) in [5.74, 6) is -0.130. The predicted octanol–water partition coefficient (Wildman–Crippen LogP) is 1.35. The van der Waals surface area contributed by atoms with E-state index in [-0.39, 0.29) is 6.10 Å². The molecule has 0 saturated carbocycles. The zero-order valence-corrected chi connectivity index (χ0v) is 8.52. The molecule has 0 rings (SSSR count). The molecular weight excluding hydrogens is 176 g/mol. The Balaban J connectivity index is 3.69. The third-order valence-corrected chi connectivity index (χ3v) is 2.85. The molecule has 0 amide bonds. The SMILES string of the molecule is CC(O)CCSC(C)(C)C(=O)O. The third kappa shape index (κ3) is 4.62. The molecule has 0 aliphatic heterocycles. The standard InChI is InChI=1S/C8H16O3S/c1-6(9)4-5-12-8(2,3)7(10)11/h6,9H,4-5H2,1-3H3,(H,10,11). The molecule has 0 fully saturated rings. The van der Waals surface area contributed by atoms with Crippen LogP contribution in [0.1, 0.15) is 27.2 Å². The van der Waals surface area contributed by atoms with Gasteiger partial charge in [-0.05, 0) is 32.9 Å². The van der Waals surface area contributed by atoms with Crippen LogP contribution in [-0.4, -0.2) is 32.8 Å². The van der Waals surface area contributed by atoms with E-state index in [1.165, 1.54) is 11.8 Å². The number of aliphatic hydroxyl groups excluding tert-OH is 1. The molecule has 0 aliphatic carbocycles. The van der Waals surface area contributed by atoms with Crippen molar-refractivity contribution in [3.05, 3.63) is 0 Å². The second-order valence-electron chi connectivity index (χ2n) is 3.30. The quantitative estimate of drug-likeness (QED) is 0.690. The Labute approximate surface area is 77.2 Å². The first-order valence-corrected chi connectivity index (χ1v) is 4.90. The van der Waals surface area contributed by atoms with Crippen LogP contribution in [0.3, 0.4) is 0 Å². The van der Waals surface area contributed by atoms with E-state index in [9.17, 15) is 4.79 Å². The topological polar surface area (TPSA) is 57.5 Å². The van der Waals surface area contributed by atoms with Gasteiger partial charge >= 0.3 is 5.97 Å². The van der Waals surface area contributed by atoms with Crippen molar-refractivity contribution in [2.24, 2.45) is 0 Å². The zero-order chi connectivity index (χ0) is 9.78. The molecule has 2 N–H and O–H groups in total. The van der Waals surface area contributed by atoms with Gasteiger partial charge in [-0.1, -0.05) is 0 Å². The monoisotopic (exact) mass is 192 g/mol. The summed E-state index contributed by atoms with van der Waals surface area (Å²) in [6.45, 7) is 5.04. The summed E-state index contributed by atoms with van der Waals surface area (Å²) in [6, 6.07) is 0. The molecule has 3 nitrogen and oxygen atoms in total. The average molecular weight is 192 g/mol. The van der Waals surface area contributed by atoms with Gasteiger partial charge in [0.25, 0.3) is 0 Å². The number of rotatable bonds is 5. The Morgan fingerprint density at radius 1 is 1.58 bits per heavy atom. The molecule has 1 unspecified atom stereocenters. The normalized spacial score (nSPS) is 14.3. The molecule has 72 valence electrons. The first-order chi connectivity index (χ1) is 5.36. The molecule has 12 heavy (non-hydrogen) atoms. The van der Waals surface area contributed by atoms with Crippen LogP contribution in [0.25, 0.3) is 0 Å². The molecule has 1 atom stereocenters. The molecule has 0 aromatic rings. The molecule has 0 heterocycles. The summed E-state index contributed by atoms with van der Waals surface area (Å²) in [5, 5.41) is 17.7. The van der Waals surface area contributed by atoms with Crippen LogP contribution in [0.5, 0.6) is 0 Å². The number of hydrogen-bond donors (Lipinski definition) is 2. The van der Waals surface area contributed by atoms with Crippen LogP contribution in [0.4, 0.5) is 0 Å². The van der Waals surface area contributed by atoms with Crippen LogP contribution in [0.2, 0.25) is 0 Å². The molecule has 0 saturated heterocycles. The van der Waals surface area contributed by atoms with E-state index in [4.69, 9.17) is 10.2 Å². The van der Waals surface area contributed by atoms with Crippen LogP contribution in [0.15, 0.2) is 0 Å². The Bertz CT molecular complexity index is 154. The number of thioether (sulfide) groups is 1. The number of carbonyl (C=O) groups is 1. The van der Waals surface area contributed by atoms with Gasteiger partial charge in [0.1, 0.15) is 4.75 Å². The van der Waals surface area contributed by atoms with Crippen LogP contribution in [-0.2, 0) is 4.79 Å². The average Bonchev–Trinajstić information content (AvgIpc) is 1.85. The number of carboxylic acid groups (broad SMARTS) is 1. The minimum absolute atomic E-state index is 0.345. The first-order valence-electron chi connectivity index (χ1n) is 3.91. The summed E-state index contributed by atoms with van der Waals surface area (Å²) in [5.41, 5.74) is 0. The highest BCUT2D eigenvalue weighted by Gasteiger charge is 2.27. The highest BCUT2D eigenvalue weighted by Crippen LogP contribution is 2.25. The third-order valence-electron chi connectivity index (χ3n) is 1.51. The van der Waals surface area contributed by atoms with E-state index >= 15 is 0 Å². The molecule has 0 spiro atoms. The fourth-order valence-electron chi connectivity index (χ4n) is 0.546. The minimum atomic E-state index is -0.807. The van der Waals surface area contributed by atoms with E-state index in [0.29, 0.717) is 12.2 Å². The first kappa shape index (κ1) is 11.8. The lowest BCUT2D eigenvalue weighted by atomic mass is 10.2. The van der Waals surface area contributed by atoms with Crippen molar-refractivity contribution in [3.8, 4) is 0 Å². The van der Waals surface area contributed by atoms with Gasteiger partial charge in [0.05, 0.1) is 6.10 Å². The van der Waals surface area contributed by atoms with E-state index in [1.54, 1.807) is 20.8 Å². The van der Waals surface area contributed by atoms with E-state index in [1.807, 2.05) is 0 Å². The Morgan fingerprint density at radius 3 is 2.42 bits per heavy atom. The van der Waals surface area contributed by atoms with Crippen molar-refractivity contribution in [2.45, 2.75) is 38.0 Å². The minimum Gasteiger partial charge on any atom is -0.480 e. The number of aliphatic carboxylic acids is 1. The highest BCUT2D eigenvalue weighted by molar-refractivity contribution is 8.01. The van der Waals surface area contributed by atoms with E-state index in [2.05, 4.69) is 0 Å². The molecule has 0 bridgehead atoms. The summed E-state index contributed by atoms with van der Waals surface area (Å²) in [4.78, 5) is 10.6. The predicted molar refractivity (Wildman–Crippen MR) is 50.5 cm³/mol. The highest BCUT2D eigenvalue weighted by atomic mass is 32.2. The van der Waals surface area contributed by atoms with Crippen molar-refractivity contribution in [1.82, 2.24) is 0 Å². The molecule has 0 radical (unpaired) electrons. The molecular formula is C8H16O3S. The van der Waals surface area contributed by atoms with E-state index in [0.717, 1.165) is 0 Å². The summed E-state index contributed by atoms with van der Waals surface area (Å²) < 4.78 is -0.741. The number of carboxylic acids is 1. The summed E-state index contributed by atoms with van der Waals surface area (Å²) in [7, 11) is 0. The lowest BCUT2D eigenvalue weighted by Crippen LogP contribution is -2.27. The Morgan fingerprint density at radius 2 is 2.08 bits per heavy atom. The maximum atomic E-state index is 10.6. The Kier molecular flexibility index (Phi) is 4.63.